The summed E-state index contributed by atoms with van der Waals surface area (Å²) in [6, 6.07) is 15.4. The van der Waals surface area contributed by atoms with Crippen molar-refractivity contribution in [3.05, 3.63) is 70.9 Å². The van der Waals surface area contributed by atoms with Crippen LogP contribution >= 0.6 is 11.8 Å². The third-order valence-electron chi connectivity index (χ3n) is 6.30. The molecule has 196 valence electrons. The number of unbranched alkanes of at least 4 members (excludes halogenated alkanes) is 3. The van der Waals surface area contributed by atoms with Crippen molar-refractivity contribution in [3.8, 4) is 5.75 Å². The van der Waals surface area contributed by atoms with Crippen LogP contribution in [0.5, 0.6) is 5.75 Å². The van der Waals surface area contributed by atoms with Crippen molar-refractivity contribution in [3.63, 3.8) is 0 Å². The predicted molar refractivity (Wildman–Crippen MR) is 151 cm³/mol. The second kappa shape index (κ2) is 12.8. The largest absolute Gasteiger partial charge is 0.494 e. The van der Waals surface area contributed by atoms with Gasteiger partial charge in [-0.05, 0) is 62.1 Å². The number of aryl methyl sites for hydroxylation is 1. The summed E-state index contributed by atoms with van der Waals surface area (Å²) in [6.45, 7) is 8.99. The van der Waals surface area contributed by atoms with Crippen LogP contribution < -0.4 is 15.4 Å². The van der Waals surface area contributed by atoms with Crippen molar-refractivity contribution in [2.45, 2.75) is 71.0 Å². The van der Waals surface area contributed by atoms with Gasteiger partial charge in [-0.2, -0.15) is 4.98 Å². The maximum Gasteiger partial charge on any atom is 0.255 e. The molecule has 0 spiro atoms. The number of thioether (sulfide) groups is 1. The summed E-state index contributed by atoms with van der Waals surface area (Å²) in [7, 11) is 0. The summed E-state index contributed by atoms with van der Waals surface area (Å²) >= 11 is 1.64. The molecule has 1 aromatic heterocycles. The summed E-state index contributed by atoms with van der Waals surface area (Å²) in [5, 5.41) is 11.9. The number of nitrogens with zero attached hydrogens (tertiary/aromatic N) is 3. The Morgan fingerprint density at radius 3 is 2.59 bits per heavy atom. The Bertz CT molecular complexity index is 1240. The number of anilines is 2. The lowest BCUT2D eigenvalue weighted by Crippen LogP contribution is -2.31. The standard InChI is InChI=1S/C29H37N5O2S/c1-5-7-9-17-36-24-15-13-22(14-16-24)26-25(27(35)31-23-12-10-11-20(3)19-23)21(4)30-28-32-29(33-34(26)28)37-18-8-6-2/h10-16,19,26H,5-9,17-18H2,1-4H3,(H,31,35)(H,30,32,33). The molecule has 1 unspecified atom stereocenters. The maximum absolute atomic E-state index is 13.7. The van der Waals surface area contributed by atoms with E-state index in [0.29, 0.717) is 23.3 Å². The molecular formula is C29H37N5O2S. The van der Waals surface area contributed by atoms with E-state index >= 15 is 0 Å². The minimum atomic E-state index is -0.414. The Kier molecular flexibility index (Phi) is 9.28. The Balaban J connectivity index is 1.65. The van der Waals surface area contributed by atoms with Crippen LogP contribution in [0.25, 0.3) is 0 Å². The highest BCUT2D eigenvalue weighted by Gasteiger charge is 2.34. The van der Waals surface area contributed by atoms with Gasteiger partial charge in [-0.25, -0.2) is 4.68 Å². The number of fused-ring (bicyclic) bond motifs is 1. The number of benzene rings is 2. The van der Waals surface area contributed by atoms with Gasteiger partial charge >= 0.3 is 0 Å². The number of allylic oxidation sites excluding steroid dienone is 1. The quantitative estimate of drug-likeness (QED) is 0.199. The topological polar surface area (TPSA) is 81.1 Å². The summed E-state index contributed by atoms with van der Waals surface area (Å²) < 4.78 is 7.76. The molecule has 2 aromatic carbocycles. The first-order chi connectivity index (χ1) is 18.0. The molecule has 1 atom stereocenters. The zero-order valence-corrected chi connectivity index (χ0v) is 23.0. The smallest absolute Gasteiger partial charge is 0.255 e. The molecule has 2 N–H and O–H groups in total. The highest BCUT2D eigenvalue weighted by molar-refractivity contribution is 7.99. The maximum atomic E-state index is 13.7. The van der Waals surface area contributed by atoms with E-state index in [-0.39, 0.29) is 5.91 Å². The van der Waals surface area contributed by atoms with Gasteiger partial charge in [0.1, 0.15) is 11.8 Å². The lowest BCUT2D eigenvalue weighted by atomic mass is 9.95. The number of carbonyl (C=O) groups is 1. The van der Waals surface area contributed by atoms with E-state index in [1.54, 1.807) is 11.8 Å². The second-order valence-corrected chi connectivity index (χ2v) is 10.4. The van der Waals surface area contributed by atoms with Gasteiger partial charge in [0.2, 0.25) is 11.1 Å². The van der Waals surface area contributed by atoms with Gasteiger partial charge in [0.25, 0.3) is 5.91 Å². The second-order valence-electron chi connectivity index (χ2n) is 9.38. The van der Waals surface area contributed by atoms with Gasteiger partial charge in [-0.15, -0.1) is 5.10 Å². The van der Waals surface area contributed by atoms with Gasteiger partial charge in [0.15, 0.2) is 0 Å². The van der Waals surface area contributed by atoms with Gasteiger partial charge in [-0.3, -0.25) is 4.79 Å². The number of hydrogen-bond acceptors (Lipinski definition) is 6. The number of aromatic nitrogens is 3. The highest BCUT2D eigenvalue weighted by atomic mass is 32.2. The van der Waals surface area contributed by atoms with Crippen LogP contribution in [0.15, 0.2) is 65.0 Å². The molecule has 1 aliphatic heterocycles. The molecule has 0 saturated carbocycles. The molecule has 1 amide bonds. The summed E-state index contributed by atoms with van der Waals surface area (Å²) in [5.41, 5.74) is 4.18. The number of rotatable bonds is 12. The first kappa shape index (κ1) is 26.8. The summed E-state index contributed by atoms with van der Waals surface area (Å²) in [4.78, 5) is 18.4. The van der Waals surface area contributed by atoms with Crippen molar-refractivity contribution in [1.29, 1.82) is 0 Å². The van der Waals surface area contributed by atoms with Gasteiger partial charge < -0.3 is 15.4 Å². The zero-order valence-electron chi connectivity index (χ0n) is 22.2. The molecule has 8 heteroatoms. The average Bonchev–Trinajstić information content (AvgIpc) is 3.28. The predicted octanol–water partition coefficient (Wildman–Crippen LogP) is 6.98. The van der Waals surface area contributed by atoms with Gasteiger partial charge in [-0.1, -0.05) is 69.1 Å². The average molecular weight is 520 g/mol. The number of ether oxygens (including phenoxy) is 1. The van der Waals surface area contributed by atoms with Crippen LogP contribution in [0, 0.1) is 6.92 Å². The molecule has 1 aliphatic rings. The summed E-state index contributed by atoms with van der Waals surface area (Å²) in [5.74, 6) is 2.27. The monoisotopic (exact) mass is 519 g/mol. The van der Waals surface area contributed by atoms with Crippen molar-refractivity contribution in [2.24, 2.45) is 0 Å². The molecule has 2 heterocycles. The molecule has 4 rings (SSSR count). The minimum absolute atomic E-state index is 0.165. The van der Waals surface area contributed by atoms with Crippen molar-refractivity contribution < 1.29 is 9.53 Å². The molecule has 0 fully saturated rings. The number of hydrogen-bond donors (Lipinski definition) is 2. The molecular weight excluding hydrogens is 482 g/mol. The Morgan fingerprint density at radius 2 is 1.86 bits per heavy atom. The normalized spacial score (nSPS) is 14.8. The van der Waals surface area contributed by atoms with E-state index in [4.69, 9.17) is 14.8 Å². The zero-order chi connectivity index (χ0) is 26.2. The minimum Gasteiger partial charge on any atom is -0.494 e. The fourth-order valence-corrected chi connectivity index (χ4v) is 5.22. The highest BCUT2D eigenvalue weighted by Crippen LogP contribution is 2.37. The van der Waals surface area contributed by atoms with Crippen LogP contribution in [0.2, 0.25) is 0 Å². The van der Waals surface area contributed by atoms with Gasteiger partial charge in [0, 0.05) is 17.1 Å². The van der Waals surface area contributed by atoms with Crippen LogP contribution in [0.4, 0.5) is 11.6 Å². The first-order valence-corrected chi connectivity index (χ1v) is 14.2. The van der Waals surface area contributed by atoms with E-state index in [9.17, 15) is 4.79 Å². The lowest BCUT2D eigenvalue weighted by Gasteiger charge is -2.28. The van der Waals surface area contributed by atoms with Crippen molar-refractivity contribution in [1.82, 2.24) is 14.8 Å². The fraction of sp³-hybridized carbons (Fsp3) is 0.414. The third-order valence-corrected chi connectivity index (χ3v) is 7.22. The molecule has 7 nitrogen and oxygen atoms in total. The van der Waals surface area contributed by atoms with E-state index < -0.39 is 6.04 Å². The molecule has 0 radical (unpaired) electrons. The number of amides is 1. The Hall–Kier alpha value is -3.26. The molecule has 3 aromatic rings. The Labute approximate surface area is 224 Å². The third kappa shape index (κ3) is 6.74. The molecule has 37 heavy (non-hydrogen) atoms. The number of nitrogens with one attached hydrogen (secondary N) is 2. The van der Waals surface area contributed by atoms with Gasteiger partial charge in [0.05, 0.1) is 12.2 Å². The first-order valence-electron chi connectivity index (χ1n) is 13.2. The van der Waals surface area contributed by atoms with E-state index in [1.807, 2.05) is 67.1 Å². The van der Waals surface area contributed by atoms with Crippen LogP contribution in [-0.4, -0.2) is 33.0 Å². The van der Waals surface area contributed by atoms with Crippen LogP contribution in [-0.2, 0) is 4.79 Å². The van der Waals surface area contributed by atoms with Crippen LogP contribution in [0.3, 0.4) is 0 Å². The molecule has 0 saturated heterocycles. The number of carbonyl (C=O) groups excluding carboxylic acids is 1. The lowest BCUT2D eigenvalue weighted by molar-refractivity contribution is -0.113. The SMILES string of the molecule is CCCCCOc1ccc(C2C(C(=O)Nc3cccc(C)c3)=C(C)Nc3nc(SCCCC)nn32)cc1. The van der Waals surface area contributed by atoms with E-state index in [0.717, 1.165) is 66.1 Å². The molecule has 0 aliphatic carbocycles. The summed E-state index contributed by atoms with van der Waals surface area (Å²) in [6.07, 6.45) is 5.59. The molecule has 0 bridgehead atoms. The van der Waals surface area contributed by atoms with Crippen molar-refractivity contribution >= 4 is 29.3 Å². The fourth-order valence-electron chi connectivity index (χ4n) is 4.31. The van der Waals surface area contributed by atoms with E-state index in [2.05, 4.69) is 24.5 Å². The van der Waals surface area contributed by atoms with Crippen LogP contribution in [0.1, 0.15) is 70.0 Å². The van der Waals surface area contributed by atoms with E-state index in [1.165, 1.54) is 0 Å². The van der Waals surface area contributed by atoms with Crippen molar-refractivity contribution in [2.75, 3.05) is 23.0 Å². The Morgan fingerprint density at radius 1 is 1.08 bits per heavy atom.